The van der Waals surface area contributed by atoms with Crippen molar-refractivity contribution in [1.29, 1.82) is 0 Å². The number of phenolic OH excluding ortho intramolecular Hbond substituents is 1. The molecule has 1 atom stereocenters. The predicted octanol–water partition coefficient (Wildman–Crippen LogP) is 1.35. The molecule has 1 aromatic rings. The number of aryl methyl sites for hydroxylation is 1. The predicted molar refractivity (Wildman–Crippen MR) is 51.9 cm³/mol. The molecule has 1 rings (SSSR count). The van der Waals surface area contributed by atoms with Gasteiger partial charge >= 0.3 is 0 Å². The molecule has 3 nitrogen and oxygen atoms in total. The zero-order valence-corrected chi connectivity index (χ0v) is 8.04. The summed E-state index contributed by atoms with van der Waals surface area (Å²) >= 11 is 5.82. The Morgan fingerprint density at radius 2 is 2.15 bits per heavy atom. The van der Waals surface area contributed by atoms with E-state index in [4.69, 9.17) is 17.3 Å². The molecule has 0 heterocycles. The van der Waals surface area contributed by atoms with Gasteiger partial charge in [-0.3, -0.25) is 0 Å². The Bertz CT molecular complexity index is 315. The van der Waals surface area contributed by atoms with Crippen LogP contribution >= 0.6 is 11.6 Å². The highest BCUT2D eigenvalue weighted by atomic mass is 35.5. The number of hydrogen-bond donors (Lipinski definition) is 3. The van der Waals surface area contributed by atoms with Crippen molar-refractivity contribution in [3.05, 3.63) is 28.3 Å². The Morgan fingerprint density at radius 1 is 1.54 bits per heavy atom. The average molecular weight is 202 g/mol. The number of aliphatic hydroxyl groups excluding tert-OH is 1. The van der Waals surface area contributed by atoms with Crippen LogP contribution in [0.5, 0.6) is 5.75 Å². The molecule has 0 radical (unpaired) electrons. The zero-order chi connectivity index (χ0) is 10.0. The first kappa shape index (κ1) is 10.3. The summed E-state index contributed by atoms with van der Waals surface area (Å²) in [6, 6.07) is 3.04. The summed E-state index contributed by atoms with van der Waals surface area (Å²) in [6.45, 7) is 1.84. The number of aromatic hydroxyl groups is 1. The molecule has 0 aromatic heterocycles. The third-order valence-electron chi connectivity index (χ3n) is 1.89. The Balaban J connectivity index is 3.15. The average Bonchev–Trinajstić information content (AvgIpc) is 2.10. The molecule has 1 unspecified atom stereocenters. The molecular weight excluding hydrogens is 190 g/mol. The lowest BCUT2D eigenvalue weighted by molar-refractivity contribution is 0.182. The molecule has 0 saturated carbocycles. The standard InChI is InChI=1S/C9H12ClNO2/c1-5-2-8(12)6(3-7(5)10)9(13)4-11/h2-3,9,12-13H,4,11H2,1H3. The third-order valence-corrected chi connectivity index (χ3v) is 2.30. The number of rotatable bonds is 2. The maximum absolute atomic E-state index is 9.44. The highest BCUT2D eigenvalue weighted by Crippen LogP contribution is 2.29. The number of hydrogen-bond acceptors (Lipinski definition) is 3. The Kier molecular flexibility index (Phi) is 3.14. The van der Waals surface area contributed by atoms with Crippen LogP contribution in [0.15, 0.2) is 12.1 Å². The first-order chi connectivity index (χ1) is 6.06. The van der Waals surface area contributed by atoms with Crippen molar-refractivity contribution in [3.8, 4) is 5.75 Å². The van der Waals surface area contributed by atoms with Gasteiger partial charge in [0, 0.05) is 17.1 Å². The summed E-state index contributed by atoms with van der Waals surface area (Å²) in [4.78, 5) is 0. The summed E-state index contributed by atoms with van der Waals surface area (Å²) < 4.78 is 0. The molecular formula is C9H12ClNO2. The largest absolute Gasteiger partial charge is 0.508 e. The molecule has 1 aromatic carbocycles. The van der Waals surface area contributed by atoms with Gasteiger partial charge in [0.15, 0.2) is 0 Å². The van der Waals surface area contributed by atoms with Crippen LogP contribution in [-0.4, -0.2) is 16.8 Å². The van der Waals surface area contributed by atoms with E-state index in [0.717, 1.165) is 5.56 Å². The van der Waals surface area contributed by atoms with Gasteiger partial charge < -0.3 is 15.9 Å². The van der Waals surface area contributed by atoms with E-state index in [0.29, 0.717) is 10.6 Å². The first-order valence-electron chi connectivity index (χ1n) is 3.93. The highest BCUT2D eigenvalue weighted by molar-refractivity contribution is 6.31. The van der Waals surface area contributed by atoms with Crippen LogP contribution in [0.1, 0.15) is 17.2 Å². The summed E-state index contributed by atoms with van der Waals surface area (Å²) in [5, 5.41) is 19.3. The van der Waals surface area contributed by atoms with E-state index in [2.05, 4.69) is 0 Å². The lowest BCUT2D eigenvalue weighted by Gasteiger charge is -2.11. The molecule has 0 aliphatic heterocycles. The second kappa shape index (κ2) is 3.96. The fourth-order valence-electron chi connectivity index (χ4n) is 1.08. The van der Waals surface area contributed by atoms with Gasteiger partial charge in [-0.1, -0.05) is 11.6 Å². The number of benzene rings is 1. The van der Waals surface area contributed by atoms with Crippen molar-refractivity contribution < 1.29 is 10.2 Å². The van der Waals surface area contributed by atoms with Crippen molar-refractivity contribution in [2.75, 3.05) is 6.54 Å². The monoisotopic (exact) mass is 201 g/mol. The van der Waals surface area contributed by atoms with Crippen molar-refractivity contribution in [2.24, 2.45) is 5.73 Å². The summed E-state index contributed by atoms with van der Waals surface area (Å²) in [5.74, 6) is 0.0276. The number of nitrogens with two attached hydrogens (primary N) is 1. The van der Waals surface area contributed by atoms with Gasteiger partial charge in [-0.2, -0.15) is 0 Å². The van der Waals surface area contributed by atoms with Gasteiger partial charge in [-0.25, -0.2) is 0 Å². The SMILES string of the molecule is Cc1cc(O)c(C(O)CN)cc1Cl. The van der Waals surface area contributed by atoms with E-state index >= 15 is 0 Å². The smallest absolute Gasteiger partial charge is 0.121 e. The third kappa shape index (κ3) is 2.12. The lowest BCUT2D eigenvalue weighted by atomic mass is 10.1. The minimum absolute atomic E-state index is 0.0276. The van der Waals surface area contributed by atoms with Gasteiger partial charge in [-0.05, 0) is 24.6 Å². The van der Waals surface area contributed by atoms with E-state index in [9.17, 15) is 10.2 Å². The minimum atomic E-state index is -0.863. The quantitative estimate of drug-likeness (QED) is 0.677. The molecule has 0 spiro atoms. The fraction of sp³-hybridized carbons (Fsp3) is 0.333. The second-order valence-electron chi connectivity index (χ2n) is 2.91. The van der Waals surface area contributed by atoms with Crippen molar-refractivity contribution in [2.45, 2.75) is 13.0 Å². The van der Waals surface area contributed by atoms with E-state index in [1.165, 1.54) is 12.1 Å². The number of phenols is 1. The zero-order valence-electron chi connectivity index (χ0n) is 7.29. The highest BCUT2D eigenvalue weighted by Gasteiger charge is 2.12. The van der Waals surface area contributed by atoms with Crippen molar-refractivity contribution in [3.63, 3.8) is 0 Å². The Morgan fingerprint density at radius 3 is 2.69 bits per heavy atom. The molecule has 0 amide bonds. The van der Waals surface area contributed by atoms with Crippen LogP contribution in [0, 0.1) is 6.92 Å². The molecule has 0 bridgehead atoms. The Labute approximate surface area is 81.8 Å². The molecule has 0 aliphatic carbocycles. The van der Waals surface area contributed by atoms with Gasteiger partial charge in [0.25, 0.3) is 0 Å². The fourth-order valence-corrected chi connectivity index (χ4v) is 1.25. The van der Waals surface area contributed by atoms with Crippen LogP contribution in [-0.2, 0) is 0 Å². The van der Waals surface area contributed by atoms with Crippen LogP contribution in [0.2, 0.25) is 5.02 Å². The van der Waals surface area contributed by atoms with E-state index in [1.807, 2.05) is 0 Å². The minimum Gasteiger partial charge on any atom is -0.508 e. The number of halogens is 1. The summed E-state index contributed by atoms with van der Waals surface area (Å²) in [5.41, 5.74) is 6.40. The van der Waals surface area contributed by atoms with E-state index in [-0.39, 0.29) is 12.3 Å². The van der Waals surface area contributed by atoms with Crippen LogP contribution in [0.3, 0.4) is 0 Å². The van der Waals surface area contributed by atoms with Crippen LogP contribution in [0.25, 0.3) is 0 Å². The molecule has 0 fully saturated rings. The normalized spacial score (nSPS) is 12.9. The Hall–Kier alpha value is -0.770. The maximum Gasteiger partial charge on any atom is 0.121 e. The number of aliphatic hydroxyl groups is 1. The van der Waals surface area contributed by atoms with Crippen LogP contribution < -0.4 is 5.73 Å². The van der Waals surface area contributed by atoms with Gasteiger partial charge in [0.2, 0.25) is 0 Å². The first-order valence-corrected chi connectivity index (χ1v) is 4.31. The summed E-state index contributed by atoms with van der Waals surface area (Å²) in [7, 11) is 0. The molecule has 4 N–H and O–H groups in total. The van der Waals surface area contributed by atoms with Crippen molar-refractivity contribution in [1.82, 2.24) is 0 Å². The van der Waals surface area contributed by atoms with Crippen LogP contribution in [0.4, 0.5) is 0 Å². The van der Waals surface area contributed by atoms with Gasteiger partial charge in [0.05, 0.1) is 6.10 Å². The molecule has 72 valence electrons. The van der Waals surface area contributed by atoms with E-state index in [1.54, 1.807) is 6.92 Å². The van der Waals surface area contributed by atoms with Crippen molar-refractivity contribution >= 4 is 11.6 Å². The lowest BCUT2D eigenvalue weighted by Crippen LogP contribution is -2.11. The second-order valence-corrected chi connectivity index (χ2v) is 3.32. The van der Waals surface area contributed by atoms with Gasteiger partial charge in [0.1, 0.15) is 5.75 Å². The summed E-state index contributed by atoms with van der Waals surface area (Å²) in [6.07, 6.45) is -0.863. The molecule has 4 heteroatoms. The molecule has 0 aliphatic rings. The molecule has 13 heavy (non-hydrogen) atoms. The van der Waals surface area contributed by atoms with Gasteiger partial charge in [-0.15, -0.1) is 0 Å². The topological polar surface area (TPSA) is 66.5 Å². The maximum atomic E-state index is 9.44. The van der Waals surface area contributed by atoms with E-state index < -0.39 is 6.10 Å². The molecule has 0 saturated heterocycles.